The molecule has 1 aromatic rings. The topological polar surface area (TPSA) is 85.1 Å². The molecular formula is C8H15N3O3S. The number of nitrogens with zero attached hydrogens (tertiary/aromatic N) is 2. The first-order chi connectivity index (χ1) is 6.74. The summed E-state index contributed by atoms with van der Waals surface area (Å²) >= 11 is 0. The molecule has 0 radical (unpaired) electrons. The fourth-order valence-electron chi connectivity index (χ4n) is 0.908. The van der Waals surface area contributed by atoms with Gasteiger partial charge in [0.25, 0.3) is 0 Å². The maximum Gasteiger partial charge on any atom is 0.246 e. The summed E-state index contributed by atoms with van der Waals surface area (Å²) in [5.41, 5.74) is -0.456. The average Bonchev–Trinajstić information content (AvgIpc) is 2.50. The molecule has 0 fully saturated rings. The minimum atomic E-state index is -3.12. The molecule has 15 heavy (non-hydrogen) atoms. The fraction of sp³-hybridized carbons (Fsp3) is 0.750. The molecule has 1 N–H and O–H groups in total. The van der Waals surface area contributed by atoms with Gasteiger partial charge in [0.1, 0.15) is 5.75 Å². The van der Waals surface area contributed by atoms with E-state index in [-0.39, 0.29) is 11.6 Å². The van der Waals surface area contributed by atoms with Crippen molar-refractivity contribution in [1.82, 2.24) is 15.5 Å². The lowest BCUT2D eigenvalue weighted by molar-refractivity contribution is 0.279. The quantitative estimate of drug-likeness (QED) is 0.792. The highest BCUT2D eigenvalue weighted by Gasteiger charge is 2.26. The van der Waals surface area contributed by atoms with Crippen LogP contribution >= 0.6 is 0 Å². The summed E-state index contributed by atoms with van der Waals surface area (Å²) in [5.74, 6) is 0.371. The van der Waals surface area contributed by atoms with Gasteiger partial charge < -0.3 is 9.84 Å². The summed E-state index contributed by atoms with van der Waals surface area (Å²) in [6, 6.07) is 0. The minimum absolute atomic E-state index is 0.191. The monoisotopic (exact) mass is 233 g/mol. The summed E-state index contributed by atoms with van der Waals surface area (Å²) in [6.45, 7) is 3.73. The SMILES string of the molecule is CNC(C)(C)c1nc(CS(C)(=O)=O)no1. The van der Waals surface area contributed by atoms with Crippen LogP contribution in [0.15, 0.2) is 4.52 Å². The Balaban J connectivity index is 2.91. The second-order valence-electron chi connectivity index (χ2n) is 3.96. The first-order valence-corrected chi connectivity index (χ1v) is 6.50. The first kappa shape index (κ1) is 12.1. The predicted molar refractivity (Wildman–Crippen MR) is 54.9 cm³/mol. The summed E-state index contributed by atoms with van der Waals surface area (Å²) in [6.07, 6.45) is 1.13. The van der Waals surface area contributed by atoms with Gasteiger partial charge in [0.2, 0.25) is 5.89 Å². The third-order valence-corrected chi connectivity index (χ3v) is 2.80. The Labute approximate surface area is 89.0 Å². The Morgan fingerprint density at radius 2 is 2.07 bits per heavy atom. The standard InChI is InChI=1S/C8H15N3O3S/c1-8(2,9-3)7-10-6(11-14-7)5-15(4,12)13/h9H,5H2,1-4H3. The highest BCUT2D eigenvalue weighted by molar-refractivity contribution is 7.89. The van der Waals surface area contributed by atoms with Gasteiger partial charge in [-0.05, 0) is 20.9 Å². The lowest BCUT2D eigenvalue weighted by atomic mass is 10.1. The third kappa shape index (κ3) is 3.28. The molecular weight excluding hydrogens is 218 g/mol. The smallest absolute Gasteiger partial charge is 0.246 e. The second kappa shape index (κ2) is 3.90. The van der Waals surface area contributed by atoms with Crippen LogP contribution in [0.1, 0.15) is 25.6 Å². The van der Waals surface area contributed by atoms with Crippen molar-refractivity contribution < 1.29 is 12.9 Å². The van der Waals surface area contributed by atoms with Crippen LogP contribution in [0.5, 0.6) is 0 Å². The van der Waals surface area contributed by atoms with E-state index >= 15 is 0 Å². The average molecular weight is 233 g/mol. The Morgan fingerprint density at radius 1 is 1.47 bits per heavy atom. The molecule has 0 aliphatic heterocycles. The molecule has 0 atom stereocenters. The molecule has 0 unspecified atom stereocenters. The third-order valence-electron chi connectivity index (χ3n) is 2.02. The zero-order valence-electron chi connectivity index (χ0n) is 9.23. The Bertz CT molecular complexity index is 436. The van der Waals surface area contributed by atoms with Crippen LogP contribution in [0.25, 0.3) is 0 Å². The zero-order chi connectivity index (χ0) is 11.7. The number of hydrogen-bond donors (Lipinski definition) is 1. The molecule has 0 spiro atoms. The van der Waals surface area contributed by atoms with Gasteiger partial charge in [-0.1, -0.05) is 5.16 Å². The van der Waals surface area contributed by atoms with Crippen molar-refractivity contribution in [3.05, 3.63) is 11.7 Å². The van der Waals surface area contributed by atoms with E-state index in [4.69, 9.17) is 4.52 Å². The molecule has 1 heterocycles. The van der Waals surface area contributed by atoms with Gasteiger partial charge in [-0.25, -0.2) is 8.42 Å². The van der Waals surface area contributed by atoms with Crippen LogP contribution < -0.4 is 5.32 Å². The van der Waals surface area contributed by atoms with E-state index in [2.05, 4.69) is 15.5 Å². The van der Waals surface area contributed by atoms with Crippen LogP contribution in [0.4, 0.5) is 0 Å². The van der Waals surface area contributed by atoms with Crippen molar-refractivity contribution in [3.63, 3.8) is 0 Å². The lowest BCUT2D eigenvalue weighted by Gasteiger charge is -2.17. The van der Waals surface area contributed by atoms with Crippen molar-refractivity contribution in [2.24, 2.45) is 0 Å². The van der Waals surface area contributed by atoms with E-state index in [1.807, 2.05) is 13.8 Å². The highest BCUT2D eigenvalue weighted by Crippen LogP contribution is 2.17. The number of rotatable bonds is 4. The molecule has 0 aliphatic carbocycles. The zero-order valence-corrected chi connectivity index (χ0v) is 10.1. The molecule has 1 rings (SSSR count). The van der Waals surface area contributed by atoms with E-state index in [1.54, 1.807) is 7.05 Å². The van der Waals surface area contributed by atoms with Gasteiger partial charge in [0.15, 0.2) is 15.7 Å². The predicted octanol–water partition coefficient (Wildman–Crippen LogP) is 0.0687. The second-order valence-corrected chi connectivity index (χ2v) is 6.10. The van der Waals surface area contributed by atoms with E-state index in [0.717, 1.165) is 6.26 Å². The van der Waals surface area contributed by atoms with Crippen molar-refractivity contribution in [2.75, 3.05) is 13.3 Å². The molecule has 0 saturated heterocycles. The van der Waals surface area contributed by atoms with Gasteiger partial charge in [-0.15, -0.1) is 0 Å². The van der Waals surface area contributed by atoms with E-state index in [1.165, 1.54) is 0 Å². The summed E-state index contributed by atoms with van der Waals surface area (Å²) in [5, 5.41) is 6.60. The maximum absolute atomic E-state index is 11.0. The number of nitrogens with one attached hydrogen (secondary N) is 1. The largest absolute Gasteiger partial charge is 0.337 e. The molecule has 1 aromatic heterocycles. The molecule has 7 heteroatoms. The van der Waals surface area contributed by atoms with Crippen molar-refractivity contribution in [3.8, 4) is 0 Å². The lowest BCUT2D eigenvalue weighted by Crippen LogP contribution is -2.33. The summed E-state index contributed by atoms with van der Waals surface area (Å²) in [7, 11) is -1.36. The van der Waals surface area contributed by atoms with E-state index in [0.29, 0.717) is 5.89 Å². The maximum atomic E-state index is 11.0. The molecule has 86 valence electrons. The van der Waals surface area contributed by atoms with Crippen LogP contribution in [0.2, 0.25) is 0 Å². The van der Waals surface area contributed by atoms with Gasteiger partial charge in [0.05, 0.1) is 5.54 Å². The number of sulfone groups is 1. The Morgan fingerprint density at radius 3 is 2.53 bits per heavy atom. The molecule has 0 bridgehead atoms. The van der Waals surface area contributed by atoms with Crippen LogP contribution in [0.3, 0.4) is 0 Å². The van der Waals surface area contributed by atoms with Gasteiger partial charge >= 0.3 is 0 Å². The molecule has 0 aliphatic rings. The van der Waals surface area contributed by atoms with Gasteiger partial charge in [-0.2, -0.15) is 4.98 Å². The molecule has 0 aromatic carbocycles. The van der Waals surface area contributed by atoms with E-state index in [9.17, 15) is 8.42 Å². The minimum Gasteiger partial charge on any atom is -0.337 e. The van der Waals surface area contributed by atoms with Crippen molar-refractivity contribution in [1.29, 1.82) is 0 Å². The van der Waals surface area contributed by atoms with Crippen LogP contribution in [-0.4, -0.2) is 31.9 Å². The van der Waals surface area contributed by atoms with Crippen molar-refractivity contribution in [2.45, 2.75) is 25.1 Å². The Kier molecular flexibility index (Phi) is 3.15. The van der Waals surface area contributed by atoms with Crippen LogP contribution in [0, 0.1) is 0 Å². The van der Waals surface area contributed by atoms with Gasteiger partial charge in [0, 0.05) is 6.26 Å². The van der Waals surface area contributed by atoms with Gasteiger partial charge in [-0.3, -0.25) is 0 Å². The number of aromatic nitrogens is 2. The highest BCUT2D eigenvalue weighted by atomic mass is 32.2. The summed E-state index contributed by atoms with van der Waals surface area (Å²) < 4.78 is 27.0. The first-order valence-electron chi connectivity index (χ1n) is 4.44. The normalized spacial score (nSPS) is 13.1. The Hall–Kier alpha value is -0.950. The molecule has 6 nitrogen and oxygen atoms in total. The van der Waals surface area contributed by atoms with Crippen molar-refractivity contribution >= 4 is 9.84 Å². The number of hydrogen-bond acceptors (Lipinski definition) is 6. The van der Waals surface area contributed by atoms with E-state index < -0.39 is 15.4 Å². The van der Waals surface area contributed by atoms with Crippen LogP contribution in [-0.2, 0) is 21.1 Å². The molecule has 0 saturated carbocycles. The molecule has 0 amide bonds. The fourth-order valence-corrected chi connectivity index (χ4v) is 1.49. The summed E-state index contributed by atoms with van der Waals surface area (Å²) in [4.78, 5) is 4.02.